The van der Waals surface area contributed by atoms with Crippen LogP contribution in [0.3, 0.4) is 0 Å². The van der Waals surface area contributed by atoms with E-state index in [0.717, 1.165) is 16.5 Å². The third-order valence-electron chi connectivity index (χ3n) is 9.02. The smallest absolute Gasteiger partial charge is 0.339 e. The first-order chi connectivity index (χ1) is 20.7. The lowest BCUT2D eigenvalue weighted by Crippen LogP contribution is -2.32. The molecule has 0 N–H and O–H groups in total. The maximum Gasteiger partial charge on any atom is 0.339 e. The van der Waals surface area contributed by atoms with Crippen molar-refractivity contribution in [1.29, 1.82) is 0 Å². The molecule has 2 aliphatic carbocycles. The fourth-order valence-electron chi connectivity index (χ4n) is 7.00. The maximum absolute atomic E-state index is 13.4. The van der Waals surface area contributed by atoms with E-state index >= 15 is 0 Å². The number of carbonyl (C=O) groups is 4. The van der Waals surface area contributed by atoms with Crippen molar-refractivity contribution < 1.29 is 23.9 Å². The van der Waals surface area contributed by atoms with Crippen molar-refractivity contribution >= 4 is 56.1 Å². The number of amides is 2. The van der Waals surface area contributed by atoms with E-state index in [1.807, 2.05) is 25.1 Å². The monoisotopic (exact) mass is 634 g/mol. The Labute approximate surface area is 256 Å². The fraction of sp³-hybridized carbons (Fsp3) is 0.229. The molecule has 7 nitrogen and oxygen atoms in total. The zero-order chi connectivity index (χ0) is 30.0. The number of ketones is 1. The zero-order valence-electron chi connectivity index (χ0n) is 23.5. The molecule has 43 heavy (non-hydrogen) atoms. The van der Waals surface area contributed by atoms with E-state index in [1.54, 1.807) is 54.6 Å². The second kappa shape index (κ2) is 10.4. The van der Waals surface area contributed by atoms with Crippen LogP contribution in [0.1, 0.15) is 39.6 Å². The number of fused-ring (bicyclic) bond motifs is 6. The minimum Gasteiger partial charge on any atom is -0.454 e. The molecule has 4 atom stereocenters. The van der Waals surface area contributed by atoms with Crippen LogP contribution in [-0.2, 0) is 14.3 Å². The number of aromatic nitrogens is 1. The summed E-state index contributed by atoms with van der Waals surface area (Å²) < 4.78 is 6.27. The van der Waals surface area contributed by atoms with Gasteiger partial charge in [0.05, 0.1) is 34.3 Å². The van der Waals surface area contributed by atoms with Crippen LogP contribution in [-0.4, -0.2) is 35.2 Å². The van der Waals surface area contributed by atoms with E-state index in [0.29, 0.717) is 33.4 Å². The van der Waals surface area contributed by atoms with Gasteiger partial charge >= 0.3 is 5.97 Å². The van der Waals surface area contributed by atoms with E-state index < -0.39 is 5.97 Å². The van der Waals surface area contributed by atoms with Gasteiger partial charge < -0.3 is 4.74 Å². The van der Waals surface area contributed by atoms with Gasteiger partial charge in [0.1, 0.15) is 0 Å². The number of hydrogen-bond donors (Lipinski definition) is 0. The maximum atomic E-state index is 13.4. The van der Waals surface area contributed by atoms with Gasteiger partial charge in [-0.3, -0.25) is 19.3 Å². The molecule has 1 saturated carbocycles. The molecule has 3 aliphatic rings. The molecule has 1 aliphatic heterocycles. The van der Waals surface area contributed by atoms with Crippen LogP contribution in [0.25, 0.3) is 22.2 Å². The van der Waals surface area contributed by atoms with E-state index in [-0.39, 0.29) is 53.4 Å². The highest BCUT2D eigenvalue weighted by atomic mass is 79.9. The summed E-state index contributed by atoms with van der Waals surface area (Å²) in [7, 11) is 0. The van der Waals surface area contributed by atoms with Crippen LogP contribution >= 0.6 is 15.9 Å². The van der Waals surface area contributed by atoms with Crippen molar-refractivity contribution in [1.82, 2.24) is 4.98 Å². The fourth-order valence-corrected chi connectivity index (χ4v) is 7.57. The number of rotatable bonds is 6. The van der Waals surface area contributed by atoms with Gasteiger partial charge in [0, 0.05) is 21.0 Å². The van der Waals surface area contributed by atoms with E-state index in [1.165, 1.54) is 10.5 Å². The summed E-state index contributed by atoms with van der Waals surface area (Å²) in [5, 5.41) is 0.600. The van der Waals surface area contributed by atoms with Crippen LogP contribution < -0.4 is 4.90 Å². The standard InChI is InChI=1S/C35H27BrN2O5/c1-18-12-22-14-25(18)31-30(22)33(40)38(34(31)41)24-10-8-20(9-11-24)28-16-27(26-15-23(36)13-19(2)32(26)37-28)35(42)43-17-29(39)21-6-4-3-5-7-21/h3-13,15-16,22,25,30-31H,14,17H2,1-2H3. The lowest BCUT2D eigenvalue weighted by Gasteiger charge is -2.19. The van der Waals surface area contributed by atoms with Gasteiger partial charge in [0.15, 0.2) is 12.4 Å². The predicted molar refractivity (Wildman–Crippen MR) is 165 cm³/mol. The first-order valence-corrected chi connectivity index (χ1v) is 15.0. The van der Waals surface area contributed by atoms with Crippen molar-refractivity contribution in [2.75, 3.05) is 11.5 Å². The number of carbonyl (C=O) groups excluding carboxylic acids is 4. The molecule has 8 heteroatoms. The first kappa shape index (κ1) is 27.4. The highest BCUT2D eigenvalue weighted by Crippen LogP contribution is 2.56. The second-order valence-electron chi connectivity index (χ2n) is 11.6. The normalized spacial score (nSPS) is 22.2. The molecule has 3 aromatic carbocycles. The number of pyridine rings is 1. The predicted octanol–water partition coefficient (Wildman–Crippen LogP) is 6.71. The number of hydrogen-bond acceptors (Lipinski definition) is 6. The molecule has 2 heterocycles. The Hall–Kier alpha value is -4.43. The average molecular weight is 636 g/mol. The molecular weight excluding hydrogens is 608 g/mol. The number of anilines is 1. The van der Waals surface area contributed by atoms with E-state index in [4.69, 9.17) is 9.72 Å². The summed E-state index contributed by atoms with van der Waals surface area (Å²) in [6, 6.07) is 21.2. The number of esters is 1. The van der Waals surface area contributed by atoms with Crippen LogP contribution in [0.2, 0.25) is 0 Å². The minimum absolute atomic E-state index is 0.122. The molecule has 4 aromatic rings. The number of nitrogens with zero attached hydrogens (tertiary/aromatic N) is 2. The zero-order valence-corrected chi connectivity index (χ0v) is 25.1. The molecule has 2 fully saturated rings. The lowest BCUT2D eigenvalue weighted by molar-refractivity contribution is -0.123. The molecule has 4 unspecified atom stereocenters. The second-order valence-corrected chi connectivity index (χ2v) is 12.5. The number of aryl methyl sites for hydroxylation is 1. The Bertz CT molecular complexity index is 1880. The number of imide groups is 1. The summed E-state index contributed by atoms with van der Waals surface area (Å²) >= 11 is 3.51. The lowest BCUT2D eigenvalue weighted by atomic mass is 9.82. The Morgan fingerprint density at radius 3 is 2.42 bits per heavy atom. The Balaban J connectivity index is 1.19. The number of ether oxygens (including phenoxy) is 1. The van der Waals surface area contributed by atoms with Gasteiger partial charge in [-0.25, -0.2) is 9.78 Å². The molecule has 1 aromatic heterocycles. The molecule has 214 valence electrons. The molecule has 7 rings (SSSR count). The van der Waals surface area contributed by atoms with Crippen molar-refractivity contribution in [3.8, 4) is 11.3 Å². The Morgan fingerprint density at radius 1 is 0.953 bits per heavy atom. The van der Waals surface area contributed by atoms with Crippen LogP contribution in [0.4, 0.5) is 5.69 Å². The number of halogens is 1. The summed E-state index contributed by atoms with van der Waals surface area (Å²) in [4.78, 5) is 58.9. The van der Waals surface area contributed by atoms with E-state index in [9.17, 15) is 19.2 Å². The third kappa shape index (κ3) is 4.52. The van der Waals surface area contributed by atoms with Gasteiger partial charge in [-0.05, 0) is 68.0 Å². The first-order valence-electron chi connectivity index (χ1n) is 14.2. The van der Waals surface area contributed by atoms with Crippen LogP contribution in [0, 0.1) is 30.6 Å². The summed E-state index contributed by atoms with van der Waals surface area (Å²) in [6.07, 6.45) is 3.05. The van der Waals surface area contributed by atoms with Crippen molar-refractivity contribution in [2.45, 2.75) is 20.3 Å². The average Bonchev–Trinajstić information content (AvgIpc) is 3.65. The summed E-state index contributed by atoms with van der Waals surface area (Å²) in [5.41, 5.74) is 5.21. The van der Waals surface area contributed by atoms with Crippen molar-refractivity contribution in [3.63, 3.8) is 0 Å². The summed E-state index contributed by atoms with van der Waals surface area (Å²) in [6.45, 7) is 3.57. The molecule has 0 spiro atoms. The largest absolute Gasteiger partial charge is 0.454 e. The highest BCUT2D eigenvalue weighted by molar-refractivity contribution is 9.10. The van der Waals surface area contributed by atoms with Gasteiger partial charge in [-0.1, -0.05) is 70.0 Å². The molecule has 1 saturated heterocycles. The highest BCUT2D eigenvalue weighted by Gasteiger charge is 2.60. The molecule has 2 amide bonds. The topological polar surface area (TPSA) is 93.6 Å². The molecule has 2 bridgehead atoms. The van der Waals surface area contributed by atoms with Crippen LogP contribution in [0.5, 0.6) is 0 Å². The van der Waals surface area contributed by atoms with Crippen LogP contribution in [0.15, 0.2) is 88.9 Å². The van der Waals surface area contributed by atoms with Gasteiger partial charge in [0.2, 0.25) is 11.8 Å². The third-order valence-corrected chi connectivity index (χ3v) is 9.48. The summed E-state index contributed by atoms with van der Waals surface area (Å²) in [5.74, 6) is -1.42. The number of Topliss-reactive ketones (excluding diaryl/α,β-unsaturated/α-hetero) is 1. The minimum atomic E-state index is -0.634. The van der Waals surface area contributed by atoms with Crippen molar-refractivity contribution in [2.24, 2.45) is 23.7 Å². The molecular formula is C35H27BrN2O5. The number of benzene rings is 3. The Morgan fingerprint density at radius 2 is 1.67 bits per heavy atom. The SMILES string of the molecule is CC1=CC2CC1C1C(=O)N(c3ccc(-c4cc(C(=O)OCC(=O)c5ccccc5)c5cc(Br)cc(C)c5n4)cc3)C(=O)C21. The van der Waals surface area contributed by atoms with E-state index in [2.05, 4.69) is 28.9 Å². The van der Waals surface area contributed by atoms with Gasteiger partial charge in [-0.2, -0.15) is 0 Å². The quantitative estimate of drug-likeness (QED) is 0.101. The Kier molecular flexibility index (Phi) is 6.62. The molecule has 0 radical (unpaired) electrons. The van der Waals surface area contributed by atoms with Crippen molar-refractivity contribution in [3.05, 3.63) is 106 Å². The number of allylic oxidation sites excluding steroid dienone is 2. The van der Waals surface area contributed by atoms with Gasteiger partial charge in [0.25, 0.3) is 0 Å². The van der Waals surface area contributed by atoms with Gasteiger partial charge in [-0.15, -0.1) is 0 Å².